The van der Waals surface area contributed by atoms with Crippen molar-refractivity contribution >= 4 is 17.5 Å². The van der Waals surface area contributed by atoms with Crippen molar-refractivity contribution in [3.05, 3.63) is 28.8 Å². The maximum absolute atomic E-state index is 12.3. The number of phenolic OH excluding ortho intramolecular Hbond substituents is 1. The van der Waals surface area contributed by atoms with Crippen LogP contribution in [-0.2, 0) is 0 Å². The number of hydrogen-bond donors (Lipinski definition) is 2. The minimum Gasteiger partial charge on any atom is -0.507 e. The molecule has 0 aromatic heterocycles. The van der Waals surface area contributed by atoms with E-state index in [0.29, 0.717) is 17.5 Å². The second kappa shape index (κ2) is 5.16. The summed E-state index contributed by atoms with van der Waals surface area (Å²) in [6.45, 7) is 0.439. The van der Waals surface area contributed by atoms with E-state index in [1.165, 1.54) is 12.1 Å². The van der Waals surface area contributed by atoms with Crippen LogP contribution in [0.25, 0.3) is 0 Å². The lowest BCUT2D eigenvalue weighted by atomic mass is 10.1. The van der Waals surface area contributed by atoms with E-state index < -0.39 is 0 Å². The molecule has 0 radical (unpaired) electrons. The summed E-state index contributed by atoms with van der Waals surface area (Å²) in [6, 6.07) is 4.50. The molecule has 1 fully saturated rings. The third-order valence-corrected chi connectivity index (χ3v) is 3.65. The van der Waals surface area contributed by atoms with Gasteiger partial charge in [0, 0.05) is 24.7 Å². The molecule has 2 rings (SSSR count). The number of nitrogens with two attached hydrogens (primary N) is 1. The first-order chi connectivity index (χ1) is 8.54. The lowest BCUT2D eigenvalue weighted by Gasteiger charge is -2.27. The molecule has 3 N–H and O–H groups in total. The number of rotatable bonds is 4. The van der Waals surface area contributed by atoms with Gasteiger partial charge < -0.3 is 15.7 Å². The monoisotopic (exact) mass is 268 g/mol. The highest BCUT2D eigenvalue weighted by Crippen LogP contribution is 2.35. The van der Waals surface area contributed by atoms with E-state index in [0.717, 1.165) is 12.8 Å². The molecule has 0 bridgehead atoms. The van der Waals surface area contributed by atoms with E-state index in [1.807, 2.05) is 0 Å². The van der Waals surface area contributed by atoms with Crippen LogP contribution in [0, 0.1) is 5.92 Å². The van der Waals surface area contributed by atoms with Gasteiger partial charge in [0.15, 0.2) is 0 Å². The summed E-state index contributed by atoms with van der Waals surface area (Å²) in [5.41, 5.74) is 5.94. The molecule has 1 aliphatic rings. The van der Waals surface area contributed by atoms with Crippen LogP contribution in [0.4, 0.5) is 0 Å². The lowest BCUT2D eigenvalue weighted by Crippen LogP contribution is -2.43. The van der Waals surface area contributed by atoms with Crippen LogP contribution in [0.5, 0.6) is 5.75 Å². The fourth-order valence-corrected chi connectivity index (χ4v) is 2.34. The first kappa shape index (κ1) is 13.2. The Bertz CT molecular complexity index is 460. The molecule has 5 heteroatoms. The number of benzene rings is 1. The van der Waals surface area contributed by atoms with E-state index in [9.17, 15) is 9.90 Å². The summed E-state index contributed by atoms with van der Waals surface area (Å²) in [6.07, 6.45) is 2.22. The van der Waals surface area contributed by atoms with Gasteiger partial charge >= 0.3 is 0 Å². The van der Waals surface area contributed by atoms with Gasteiger partial charge in [0.1, 0.15) is 5.75 Å². The maximum Gasteiger partial charge on any atom is 0.257 e. The van der Waals surface area contributed by atoms with Crippen LogP contribution < -0.4 is 5.73 Å². The zero-order chi connectivity index (χ0) is 13.3. The summed E-state index contributed by atoms with van der Waals surface area (Å²) < 4.78 is 0. The van der Waals surface area contributed by atoms with Gasteiger partial charge in [-0.15, -0.1) is 0 Å². The van der Waals surface area contributed by atoms with E-state index >= 15 is 0 Å². The highest BCUT2D eigenvalue weighted by molar-refractivity contribution is 6.31. The molecule has 1 aliphatic carbocycles. The first-order valence-electron chi connectivity index (χ1n) is 6.00. The standard InChI is InChI=1S/C13H17ClN2O2/c1-16(11(7-15)8-2-3-8)13(18)10-6-9(14)4-5-12(10)17/h4-6,8,11,17H,2-3,7,15H2,1H3. The normalized spacial score (nSPS) is 16.4. The summed E-state index contributed by atoms with van der Waals surface area (Å²) in [5.74, 6) is 0.199. The van der Waals surface area contributed by atoms with Crippen molar-refractivity contribution in [1.29, 1.82) is 0 Å². The fraction of sp³-hybridized carbons (Fsp3) is 0.462. The average Bonchev–Trinajstić information content (AvgIpc) is 3.16. The summed E-state index contributed by atoms with van der Waals surface area (Å²) in [7, 11) is 1.72. The quantitative estimate of drug-likeness (QED) is 0.876. The predicted molar refractivity (Wildman–Crippen MR) is 70.8 cm³/mol. The molecule has 1 unspecified atom stereocenters. The third-order valence-electron chi connectivity index (χ3n) is 3.41. The number of likely N-dealkylation sites (N-methyl/N-ethyl adjacent to an activating group) is 1. The summed E-state index contributed by atoms with van der Waals surface area (Å²) in [5, 5.41) is 10.2. The fourth-order valence-electron chi connectivity index (χ4n) is 2.17. The van der Waals surface area contributed by atoms with Crippen molar-refractivity contribution in [2.24, 2.45) is 11.7 Å². The molecule has 0 saturated heterocycles. The number of hydrogen-bond acceptors (Lipinski definition) is 3. The number of nitrogens with zero attached hydrogens (tertiary/aromatic N) is 1. The van der Waals surface area contributed by atoms with E-state index in [2.05, 4.69) is 0 Å². The second-order valence-corrected chi connectivity index (χ2v) is 5.15. The highest BCUT2D eigenvalue weighted by Gasteiger charge is 2.35. The SMILES string of the molecule is CN(C(=O)c1cc(Cl)ccc1O)C(CN)C1CC1. The minimum atomic E-state index is -0.239. The number of aromatic hydroxyl groups is 1. The number of halogens is 1. The Kier molecular flexibility index (Phi) is 3.78. The van der Waals surface area contributed by atoms with Crippen molar-refractivity contribution < 1.29 is 9.90 Å². The van der Waals surface area contributed by atoms with Gasteiger partial charge in [-0.2, -0.15) is 0 Å². The Morgan fingerprint density at radius 2 is 2.28 bits per heavy atom. The number of carbonyl (C=O) groups excluding carboxylic acids is 1. The van der Waals surface area contributed by atoms with E-state index in [4.69, 9.17) is 17.3 Å². The Balaban J connectivity index is 2.21. The lowest BCUT2D eigenvalue weighted by molar-refractivity contribution is 0.0715. The zero-order valence-electron chi connectivity index (χ0n) is 10.3. The van der Waals surface area contributed by atoms with Gasteiger partial charge in [-0.1, -0.05) is 11.6 Å². The number of phenols is 1. The van der Waals surface area contributed by atoms with Gasteiger partial charge in [-0.3, -0.25) is 4.79 Å². The van der Waals surface area contributed by atoms with Gasteiger partial charge in [0.05, 0.1) is 5.56 Å². The van der Waals surface area contributed by atoms with Gasteiger partial charge in [-0.05, 0) is 37.0 Å². The molecule has 1 atom stereocenters. The van der Waals surface area contributed by atoms with Crippen LogP contribution in [-0.4, -0.2) is 35.5 Å². The minimum absolute atomic E-state index is 0.0379. The Labute approximate surface area is 111 Å². The van der Waals surface area contributed by atoms with Crippen molar-refractivity contribution in [2.75, 3.05) is 13.6 Å². The Hall–Kier alpha value is -1.26. The predicted octanol–water partition coefficient (Wildman–Crippen LogP) is 1.85. The third kappa shape index (κ3) is 2.60. The van der Waals surface area contributed by atoms with Gasteiger partial charge in [0.2, 0.25) is 0 Å². The molecule has 18 heavy (non-hydrogen) atoms. The number of amides is 1. The van der Waals surface area contributed by atoms with Crippen molar-refractivity contribution in [2.45, 2.75) is 18.9 Å². The molecule has 0 spiro atoms. The smallest absolute Gasteiger partial charge is 0.257 e. The Morgan fingerprint density at radius 1 is 1.61 bits per heavy atom. The molecule has 1 saturated carbocycles. The molecule has 0 heterocycles. The first-order valence-corrected chi connectivity index (χ1v) is 6.38. The molecule has 4 nitrogen and oxygen atoms in total. The van der Waals surface area contributed by atoms with Crippen LogP contribution in [0.2, 0.25) is 5.02 Å². The van der Waals surface area contributed by atoms with Crippen LogP contribution >= 0.6 is 11.6 Å². The van der Waals surface area contributed by atoms with Crippen molar-refractivity contribution in [3.63, 3.8) is 0 Å². The van der Waals surface area contributed by atoms with Crippen LogP contribution in [0.1, 0.15) is 23.2 Å². The van der Waals surface area contributed by atoms with Crippen molar-refractivity contribution in [1.82, 2.24) is 4.90 Å². The van der Waals surface area contributed by atoms with Crippen molar-refractivity contribution in [3.8, 4) is 5.75 Å². The molecular weight excluding hydrogens is 252 g/mol. The molecule has 1 aromatic rings. The second-order valence-electron chi connectivity index (χ2n) is 4.72. The molecule has 1 amide bonds. The van der Waals surface area contributed by atoms with E-state index in [1.54, 1.807) is 18.0 Å². The number of carbonyl (C=O) groups is 1. The topological polar surface area (TPSA) is 66.6 Å². The van der Waals surface area contributed by atoms with Crippen LogP contribution in [0.3, 0.4) is 0 Å². The van der Waals surface area contributed by atoms with Gasteiger partial charge in [-0.25, -0.2) is 0 Å². The Morgan fingerprint density at radius 3 is 2.83 bits per heavy atom. The summed E-state index contributed by atoms with van der Waals surface area (Å²) in [4.78, 5) is 13.9. The maximum atomic E-state index is 12.3. The molecule has 1 aromatic carbocycles. The summed E-state index contributed by atoms with van der Waals surface area (Å²) >= 11 is 5.85. The zero-order valence-corrected chi connectivity index (χ0v) is 11.0. The highest BCUT2D eigenvalue weighted by atomic mass is 35.5. The molecule has 0 aliphatic heterocycles. The largest absolute Gasteiger partial charge is 0.507 e. The molecular formula is C13H17ClN2O2. The van der Waals surface area contributed by atoms with Gasteiger partial charge in [0.25, 0.3) is 5.91 Å². The molecule has 98 valence electrons. The van der Waals surface area contributed by atoms with Crippen LogP contribution in [0.15, 0.2) is 18.2 Å². The van der Waals surface area contributed by atoms with E-state index in [-0.39, 0.29) is 23.3 Å². The average molecular weight is 269 g/mol.